The molecule has 1 fully saturated rings. The number of thiophene rings is 1. The van der Waals surface area contributed by atoms with Crippen molar-refractivity contribution < 1.29 is 18.3 Å². The molecule has 0 bridgehead atoms. The van der Waals surface area contributed by atoms with E-state index < -0.39 is 9.84 Å². The summed E-state index contributed by atoms with van der Waals surface area (Å²) < 4.78 is 23.0. The standard InChI is InChI=1S/C13H15NO4S2/c1-10-9-20(17,18)6-4-14(10)13(16)11-7-12(19-8-11)3-2-5-15/h7-8,10,15H,4-6,9H2,1H3. The number of nitrogens with zero attached hydrogens (tertiary/aromatic N) is 1. The normalized spacial score (nSPS) is 21.1. The van der Waals surface area contributed by atoms with Crippen molar-refractivity contribution in [3.05, 3.63) is 21.9 Å². The van der Waals surface area contributed by atoms with E-state index in [4.69, 9.17) is 5.11 Å². The first kappa shape index (κ1) is 15.0. The molecule has 1 aromatic rings. The first-order valence-electron chi connectivity index (χ1n) is 6.12. The number of amides is 1. The maximum Gasteiger partial charge on any atom is 0.255 e. The maximum absolute atomic E-state index is 12.3. The number of rotatable bonds is 1. The van der Waals surface area contributed by atoms with Gasteiger partial charge < -0.3 is 10.0 Å². The summed E-state index contributed by atoms with van der Waals surface area (Å²) in [7, 11) is -3.03. The van der Waals surface area contributed by atoms with Crippen LogP contribution in [0.4, 0.5) is 0 Å². The van der Waals surface area contributed by atoms with E-state index in [1.165, 1.54) is 11.3 Å². The summed E-state index contributed by atoms with van der Waals surface area (Å²) in [5.74, 6) is 5.14. The maximum atomic E-state index is 12.3. The van der Waals surface area contributed by atoms with E-state index >= 15 is 0 Å². The van der Waals surface area contributed by atoms with Crippen LogP contribution >= 0.6 is 11.3 Å². The third-order valence-corrected chi connectivity index (χ3v) is 5.71. The summed E-state index contributed by atoms with van der Waals surface area (Å²) in [6, 6.07) is 1.36. The van der Waals surface area contributed by atoms with E-state index in [0.717, 1.165) is 0 Å². The van der Waals surface area contributed by atoms with Gasteiger partial charge in [-0.2, -0.15) is 0 Å². The Labute approximate surface area is 122 Å². The Morgan fingerprint density at radius 1 is 1.60 bits per heavy atom. The summed E-state index contributed by atoms with van der Waals surface area (Å²) in [4.78, 5) is 14.6. The van der Waals surface area contributed by atoms with Gasteiger partial charge >= 0.3 is 0 Å². The van der Waals surface area contributed by atoms with Crippen molar-refractivity contribution in [3.8, 4) is 11.8 Å². The Bertz CT molecular complexity index is 666. The van der Waals surface area contributed by atoms with E-state index in [2.05, 4.69) is 11.8 Å². The van der Waals surface area contributed by atoms with Crippen LogP contribution in [0.2, 0.25) is 0 Å². The second-order valence-electron chi connectivity index (χ2n) is 4.62. The molecule has 1 aliphatic rings. The number of carbonyl (C=O) groups excluding carboxylic acids is 1. The van der Waals surface area contributed by atoms with E-state index in [9.17, 15) is 13.2 Å². The summed E-state index contributed by atoms with van der Waals surface area (Å²) in [5.41, 5.74) is 0.517. The van der Waals surface area contributed by atoms with Gasteiger partial charge in [0.25, 0.3) is 5.91 Å². The third-order valence-electron chi connectivity index (χ3n) is 3.07. The molecule has 1 aromatic heterocycles. The predicted molar refractivity (Wildman–Crippen MR) is 77.4 cm³/mol. The van der Waals surface area contributed by atoms with Crippen LogP contribution < -0.4 is 0 Å². The van der Waals surface area contributed by atoms with Gasteiger partial charge in [0.05, 0.1) is 21.9 Å². The first-order chi connectivity index (χ1) is 9.43. The fourth-order valence-corrected chi connectivity index (χ4v) is 4.41. The molecule has 0 aliphatic carbocycles. The highest BCUT2D eigenvalue weighted by atomic mass is 32.2. The lowest BCUT2D eigenvalue weighted by molar-refractivity contribution is 0.0713. The molecular formula is C13H15NO4S2. The number of hydrogen-bond acceptors (Lipinski definition) is 5. The van der Waals surface area contributed by atoms with Gasteiger partial charge in [0.2, 0.25) is 0 Å². The van der Waals surface area contributed by atoms with E-state index in [0.29, 0.717) is 10.4 Å². The number of hydrogen-bond donors (Lipinski definition) is 1. The molecule has 1 unspecified atom stereocenters. The molecule has 0 spiro atoms. The Balaban J connectivity index is 2.13. The molecule has 0 saturated carbocycles. The summed E-state index contributed by atoms with van der Waals surface area (Å²) in [6.45, 7) is 1.76. The van der Waals surface area contributed by atoms with Crippen LogP contribution in [0.3, 0.4) is 0 Å². The fourth-order valence-electron chi connectivity index (χ4n) is 2.11. The number of sulfone groups is 1. The second-order valence-corrected chi connectivity index (χ2v) is 7.76. The molecule has 1 atom stereocenters. The molecule has 20 heavy (non-hydrogen) atoms. The van der Waals surface area contributed by atoms with Crippen molar-refractivity contribution in [2.45, 2.75) is 13.0 Å². The van der Waals surface area contributed by atoms with Gasteiger partial charge in [0, 0.05) is 18.0 Å². The molecule has 2 heterocycles. The van der Waals surface area contributed by atoms with Crippen LogP contribution in [-0.2, 0) is 9.84 Å². The zero-order chi connectivity index (χ0) is 14.8. The number of aliphatic hydroxyl groups excluding tert-OH is 1. The first-order valence-corrected chi connectivity index (χ1v) is 8.83. The molecular weight excluding hydrogens is 298 g/mol. The molecule has 2 rings (SSSR count). The Morgan fingerprint density at radius 2 is 2.35 bits per heavy atom. The number of carbonyl (C=O) groups is 1. The topological polar surface area (TPSA) is 74.7 Å². The Hall–Kier alpha value is -1.36. The third kappa shape index (κ3) is 3.39. The fraction of sp³-hybridized carbons (Fsp3) is 0.462. The summed E-state index contributed by atoms with van der Waals surface area (Å²) >= 11 is 1.33. The van der Waals surface area contributed by atoms with Gasteiger partial charge in [-0.1, -0.05) is 11.8 Å². The molecule has 1 saturated heterocycles. The van der Waals surface area contributed by atoms with Gasteiger partial charge in [0.15, 0.2) is 9.84 Å². The highest BCUT2D eigenvalue weighted by Crippen LogP contribution is 2.19. The average molecular weight is 313 g/mol. The monoisotopic (exact) mass is 313 g/mol. The van der Waals surface area contributed by atoms with Crippen molar-refractivity contribution in [1.29, 1.82) is 0 Å². The molecule has 0 radical (unpaired) electrons. The van der Waals surface area contributed by atoms with Crippen molar-refractivity contribution in [3.63, 3.8) is 0 Å². The van der Waals surface area contributed by atoms with Gasteiger partial charge in [-0.15, -0.1) is 11.3 Å². The minimum absolute atomic E-state index is 0.0139. The van der Waals surface area contributed by atoms with E-state index in [1.54, 1.807) is 23.3 Å². The van der Waals surface area contributed by atoms with Crippen LogP contribution in [0.1, 0.15) is 22.2 Å². The zero-order valence-electron chi connectivity index (χ0n) is 11.0. The lowest BCUT2D eigenvalue weighted by Crippen LogP contribution is -2.49. The molecule has 108 valence electrons. The SMILES string of the molecule is CC1CS(=O)(=O)CCN1C(=O)c1csc(C#CCO)c1. The molecule has 1 N–H and O–H groups in total. The summed E-state index contributed by atoms with van der Waals surface area (Å²) in [5, 5.41) is 10.3. The zero-order valence-corrected chi connectivity index (χ0v) is 12.6. The van der Waals surface area contributed by atoms with E-state index in [1.807, 2.05) is 0 Å². The summed E-state index contributed by atoms with van der Waals surface area (Å²) in [6.07, 6.45) is 0. The average Bonchev–Trinajstić information content (AvgIpc) is 2.83. The highest BCUT2D eigenvalue weighted by molar-refractivity contribution is 7.91. The van der Waals surface area contributed by atoms with Crippen LogP contribution in [0.15, 0.2) is 11.4 Å². The molecule has 7 heteroatoms. The highest BCUT2D eigenvalue weighted by Gasteiger charge is 2.31. The lowest BCUT2D eigenvalue weighted by atomic mass is 10.2. The Morgan fingerprint density at radius 3 is 3.00 bits per heavy atom. The van der Waals surface area contributed by atoms with Crippen LogP contribution in [0.5, 0.6) is 0 Å². The van der Waals surface area contributed by atoms with Gasteiger partial charge in [-0.25, -0.2) is 8.42 Å². The van der Waals surface area contributed by atoms with Crippen LogP contribution in [0, 0.1) is 11.8 Å². The minimum atomic E-state index is -3.03. The van der Waals surface area contributed by atoms with Crippen molar-refractivity contribution in [1.82, 2.24) is 4.90 Å². The van der Waals surface area contributed by atoms with Crippen molar-refractivity contribution in [2.24, 2.45) is 0 Å². The molecule has 1 amide bonds. The molecule has 5 nitrogen and oxygen atoms in total. The molecule has 0 aromatic carbocycles. The molecule has 1 aliphatic heterocycles. The quantitative estimate of drug-likeness (QED) is 0.759. The van der Waals surface area contributed by atoms with Crippen molar-refractivity contribution >= 4 is 27.1 Å². The number of aliphatic hydroxyl groups is 1. The minimum Gasteiger partial charge on any atom is -0.384 e. The second kappa shape index (κ2) is 5.95. The van der Waals surface area contributed by atoms with Gasteiger partial charge in [-0.3, -0.25) is 4.79 Å². The van der Waals surface area contributed by atoms with Crippen LogP contribution in [-0.4, -0.2) is 55.0 Å². The van der Waals surface area contributed by atoms with Crippen molar-refractivity contribution in [2.75, 3.05) is 24.7 Å². The predicted octanol–water partition coefficient (Wildman–Crippen LogP) is 0.351. The van der Waals surface area contributed by atoms with Gasteiger partial charge in [0.1, 0.15) is 6.61 Å². The smallest absolute Gasteiger partial charge is 0.255 e. The van der Waals surface area contributed by atoms with E-state index in [-0.39, 0.29) is 36.6 Å². The lowest BCUT2D eigenvalue weighted by Gasteiger charge is -2.32. The largest absolute Gasteiger partial charge is 0.384 e. The Kier molecular flexibility index (Phi) is 4.48. The van der Waals surface area contributed by atoms with Gasteiger partial charge in [-0.05, 0) is 13.0 Å². The van der Waals surface area contributed by atoms with Crippen LogP contribution in [0.25, 0.3) is 0 Å².